The third-order valence-electron chi connectivity index (χ3n) is 4.38. The van der Waals surface area contributed by atoms with Crippen molar-refractivity contribution in [2.24, 2.45) is 0 Å². The van der Waals surface area contributed by atoms with Gasteiger partial charge in [-0.15, -0.1) is 0 Å². The molecule has 2 aromatic rings. The first-order chi connectivity index (χ1) is 10.2. The Balaban J connectivity index is 1.62. The molecule has 3 N–H and O–H groups in total. The lowest BCUT2D eigenvalue weighted by atomic mass is 9.69. The van der Waals surface area contributed by atoms with E-state index in [1.54, 1.807) is 18.1 Å². The number of rotatable bonds is 4. The zero-order valence-electron chi connectivity index (χ0n) is 11.9. The lowest BCUT2D eigenvalue weighted by Gasteiger charge is -2.46. The van der Waals surface area contributed by atoms with Crippen LogP contribution in [0.3, 0.4) is 0 Å². The van der Waals surface area contributed by atoms with E-state index in [-0.39, 0.29) is 5.60 Å². The summed E-state index contributed by atoms with van der Waals surface area (Å²) in [4.78, 5) is 7.49. The maximum absolute atomic E-state index is 10.2. The summed E-state index contributed by atoms with van der Waals surface area (Å²) in [7, 11) is -0.851. The Bertz CT molecular complexity index is 671. The molecule has 0 atom stereocenters. The highest BCUT2D eigenvalue weighted by Crippen LogP contribution is 2.49. The van der Waals surface area contributed by atoms with Gasteiger partial charge >= 0.3 is 7.12 Å². The fraction of sp³-hybridized carbons (Fsp3) is 0.500. The van der Waals surface area contributed by atoms with Crippen LogP contribution in [-0.4, -0.2) is 33.9 Å². The number of nitrogens with one attached hydrogen (secondary N) is 2. The Hall–Kier alpha value is -1.02. The summed E-state index contributed by atoms with van der Waals surface area (Å²) in [6.45, 7) is 2.18. The van der Waals surface area contributed by atoms with Crippen LogP contribution in [0.5, 0.6) is 0 Å². The number of aromatic nitrogens is 2. The Kier molecular flexibility index (Phi) is 3.26. The smallest absolute Gasteiger partial charge is 0.423 e. The predicted molar refractivity (Wildman–Crippen MR) is 85.4 cm³/mol. The minimum absolute atomic E-state index is 0.345. The van der Waals surface area contributed by atoms with Gasteiger partial charge in [-0.2, -0.15) is 0 Å². The molecule has 2 aliphatic rings. The molecule has 0 saturated heterocycles. The number of fused-ring (bicyclic) bond motifs is 4. The second-order valence-corrected chi connectivity index (χ2v) is 6.80. The molecule has 0 aromatic carbocycles. The van der Waals surface area contributed by atoms with Crippen LogP contribution in [0.2, 0.25) is 0 Å². The van der Waals surface area contributed by atoms with Crippen molar-refractivity contribution in [3.05, 3.63) is 24.0 Å². The van der Waals surface area contributed by atoms with Crippen LogP contribution in [0.15, 0.2) is 18.5 Å². The van der Waals surface area contributed by atoms with Gasteiger partial charge in [-0.1, -0.05) is 18.9 Å². The Labute approximate surface area is 128 Å². The largest absolute Gasteiger partial charge is 0.493 e. The molecule has 1 aliphatic carbocycles. The molecule has 1 aliphatic heterocycles. The Morgan fingerprint density at radius 3 is 3.29 bits per heavy atom. The van der Waals surface area contributed by atoms with E-state index in [9.17, 15) is 5.02 Å². The van der Waals surface area contributed by atoms with Gasteiger partial charge in [0.1, 0.15) is 5.65 Å². The first kappa shape index (κ1) is 13.6. The summed E-state index contributed by atoms with van der Waals surface area (Å²) in [5.41, 5.74) is 2.46. The van der Waals surface area contributed by atoms with Crippen LogP contribution in [0.25, 0.3) is 11.0 Å². The van der Waals surface area contributed by atoms with Crippen molar-refractivity contribution in [1.82, 2.24) is 14.7 Å². The van der Waals surface area contributed by atoms with Crippen LogP contribution in [0.4, 0.5) is 0 Å². The quantitative estimate of drug-likeness (QED) is 0.451. The molecule has 7 heteroatoms. The average Bonchev–Trinajstić information content (AvgIpc) is 3.01. The van der Waals surface area contributed by atoms with Crippen LogP contribution < -0.4 is 10.2 Å². The minimum atomic E-state index is -0.851. The Morgan fingerprint density at radius 2 is 2.48 bits per heavy atom. The van der Waals surface area contributed by atoms with Crippen LogP contribution in [-0.2, 0) is 10.3 Å². The first-order valence-electron chi connectivity index (χ1n) is 7.43. The van der Waals surface area contributed by atoms with Crippen LogP contribution in [0, 0.1) is 0 Å². The maximum atomic E-state index is 10.2. The van der Waals surface area contributed by atoms with Crippen molar-refractivity contribution in [1.29, 1.82) is 0 Å². The molecule has 110 valence electrons. The highest BCUT2D eigenvalue weighted by Gasteiger charge is 2.55. The van der Waals surface area contributed by atoms with E-state index in [2.05, 4.69) is 21.6 Å². The van der Waals surface area contributed by atoms with Gasteiger partial charge in [0.25, 0.3) is 0 Å². The summed E-state index contributed by atoms with van der Waals surface area (Å²) in [5.74, 6) is 1.12. The monoisotopic (exact) mass is 303 g/mol. The molecule has 0 amide bonds. The highest BCUT2D eigenvalue weighted by atomic mass is 32.2. The molecular weight excluding hydrogens is 285 g/mol. The van der Waals surface area contributed by atoms with Gasteiger partial charge in [0.15, 0.2) is 0 Å². The van der Waals surface area contributed by atoms with Gasteiger partial charge in [-0.3, -0.25) is 4.72 Å². The first-order valence-corrected chi connectivity index (χ1v) is 8.42. The van der Waals surface area contributed by atoms with E-state index in [0.29, 0.717) is 6.04 Å². The molecule has 0 radical (unpaired) electrons. The number of hydrogen-bond acceptors (Lipinski definition) is 5. The third kappa shape index (κ3) is 2.03. The molecule has 21 heavy (non-hydrogen) atoms. The van der Waals surface area contributed by atoms with Crippen molar-refractivity contribution in [2.75, 3.05) is 5.75 Å². The molecule has 4 rings (SSSR count). The van der Waals surface area contributed by atoms with Crippen molar-refractivity contribution in [2.45, 2.75) is 37.8 Å². The van der Waals surface area contributed by atoms with Gasteiger partial charge in [0.2, 0.25) is 0 Å². The third-order valence-corrected chi connectivity index (χ3v) is 5.50. The van der Waals surface area contributed by atoms with Gasteiger partial charge in [-0.05, 0) is 30.9 Å². The fourth-order valence-electron chi connectivity index (χ4n) is 3.45. The number of hydrogen-bond donors (Lipinski definition) is 3. The van der Waals surface area contributed by atoms with E-state index < -0.39 is 7.12 Å². The predicted octanol–water partition coefficient (Wildman–Crippen LogP) is 1.29. The Morgan fingerprint density at radius 1 is 1.62 bits per heavy atom. The van der Waals surface area contributed by atoms with Crippen molar-refractivity contribution in [3.8, 4) is 0 Å². The summed E-state index contributed by atoms with van der Waals surface area (Å²) in [6.07, 6.45) is 6.60. The lowest BCUT2D eigenvalue weighted by Crippen LogP contribution is -2.50. The van der Waals surface area contributed by atoms with Crippen molar-refractivity contribution in [3.63, 3.8) is 0 Å². The molecule has 0 bridgehead atoms. The summed E-state index contributed by atoms with van der Waals surface area (Å²) < 4.78 is 9.41. The number of pyridine rings is 1. The normalized spacial score (nSPS) is 27.3. The molecule has 1 spiro atoms. The van der Waals surface area contributed by atoms with Gasteiger partial charge in [-0.25, -0.2) is 4.98 Å². The zero-order valence-corrected chi connectivity index (χ0v) is 12.7. The summed E-state index contributed by atoms with van der Waals surface area (Å²) >= 11 is 1.78. The molecule has 2 aromatic heterocycles. The fourth-order valence-corrected chi connectivity index (χ4v) is 4.18. The second kappa shape index (κ2) is 5.02. The highest BCUT2D eigenvalue weighted by molar-refractivity contribution is 7.97. The van der Waals surface area contributed by atoms with Crippen LogP contribution in [0.1, 0.15) is 31.7 Å². The van der Waals surface area contributed by atoms with Gasteiger partial charge in [0.05, 0.1) is 5.60 Å². The molecular formula is C14H18BN3O2S. The van der Waals surface area contributed by atoms with Crippen molar-refractivity contribution >= 4 is 35.6 Å². The lowest BCUT2D eigenvalue weighted by molar-refractivity contribution is -0.0320. The van der Waals surface area contributed by atoms with Crippen LogP contribution >= 0.6 is 11.9 Å². The maximum Gasteiger partial charge on any atom is 0.493 e. The summed E-state index contributed by atoms with van der Waals surface area (Å²) in [5, 5.41) is 11.3. The number of aromatic amines is 1. The standard InChI is InChI=1S/C14H18BN3O2S/c1-2-5-21-18-9-6-14(7-9)12-10-3-4-16-13(10)17-8-11(12)15(19)20-14/h3-4,8-9,18-19H,2,5-7H2,1H3,(H,16,17). The van der Waals surface area contributed by atoms with Gasteiger partial charge < -0.3 is 14.7 Å². The second-order valence-electron chi connectivity index (χ2n) is 5.86. The van der Waals surface area contributed by atoms with E-state index in [0.717, 1.165) is 40.7 Å². The zero-order chi connectivity index (χ0) is 14.4. The number of H-pyrrole nitrogens is 1. The number of nitrogens with zero attached hydrogens (tertiary/aromatic N) is 1. The topological polar surface area (TPSA) is 70.2 Å². The van der Waals surface area contributed by atoms with E-state index in [1.165, 1.54) is 6.42 Å². The van der Waals surface area contributed by atoms with Gasteiger partial charge in [0, 0.05) is 35.0 Å². The molecule has 3 heterocycles. The molecule has 5 nitrogen and oxygen atoms in total. The van der Waals surface area contributed by atoms with Crippen molar-refractivity contribution < 1.29 is 9.68 Å². The molecule has 0 unspecified atom stereocenters. The molecule has 1 fully saturated rings. The van der Waals surface area contributed by atoms with E-state index in [1.807, 2.05) is 12.3 Å². The summed E-state index contributed by atoms with van der Waals surface area (Å²) in [6, 6.07) is 2.47. The van der Waals surface area contributed by atoms with E-state index in [4.69, 9.17) is 4.65 Å². The SMILES string of the molecule is CCCSNC1CC2(C1)OB(O)c1cnc3[nH]ccc3c12. The molecule has 1 saturated carbocycles. The average molecular weight is 303 g/mol. The van der Waals surface area contributed by atoms with E-state index >= 15 is 0 Å². The minimum Gasteiger partial charge on any atom is -0.423 e.